The van der Waals surface area contributed by atoms with Gasteiger partial charge in [0.15, 0.2) is 0 Å². The number of benzene rings is 3. The molecular weight excluding hydrogens is 701 g/mol. The predicted octanol–water partition coefficient (Wildman–Crippen LogP) is 6.03. The van der Waals surface area contributed by atoms with Crippen LogP contribution in [0.5, 0.6) is 0 Å². The second-order valence-electron chi connectivity index (χ2n) is 10.1. The summed E-state index contributed by atoms with van der Waals surface area (Å²) in [6.45, 7) is -0.636. The van der Waals surface area contributed by atoms with E-state index in [1.54, 1.807) is 24.3 Å². The van der Waals surface area contributed by atoms with Gasteiger partial charge in [-0.1, -0.05) is 63.3 Å². The topological polar surface area (TPSA) is 132 Å². The summed E-state index contributed by atoms with van der Waals surface area (Å²) in [6.07, 6.45) is -4.73. The Kier molecular flexibility index (Phi) is 7.91. The van der Waals surface area contributed by atoms with Gasteiger partial charge in [-0.05, 0) is 42.0 Å². The van der Waals surface area contributed by atoms with Crippen LogP contribution in [-0.4, -0.2) is 32.5 Å². The molecule has 3 atom stereocenters. The van der Waals surface area contributed by atoms with Crippen LogP contribution in [0.2, 0.25) is 0 Å². The number of carbonyl (C=O) groups is 3. The monoisotopic (exact) mass is 718 g/mol. The van der Waals surface area contributed by atoms with Gasteiger partial charge in [-0.3, -0.25) is 33.9 Å². The van der Waals surface area contributed by atoms with Crippen LogP contribution in [0.15, 0.2) is 87.1 Å². The molecular formula is C29H18BrF3N4O6S2. The Morgan fingerprint density at radius 3 is 2.29 bits per heavy atom. The molecule has 16 heteroatoms. The largest absolute Gasteiger partial charge is 0.418 e. The van der Waals surface area contributed by atoms with Crippen LogP contribution in [0.25, 0.3) is 0 Å². The van der Waals surface area contributed by atoms with Gasteiger partial charge in [-0.25, -0.2) is 4.90 Å². The lowest BCUT2D eigenvalue weighted by atomic mass is 9.83. The summed E-state index contributed by atoms with van der Waals surface area (Å²) in [5.74, 6) is -3.78. The van der Waals surface area contributed by atoms with E-state index in [1.807, 2.05) is 0 Å². The molecule has 0 unspecified atom stereocenters. The average molecular weight is 720 g/mol. The molecule has 0 saturated carbocycles. The number of anilines is 2. The SMILES string of the molecule is O=C(Cn1c2c(sc1=O)[C@@H](c1ccc(Br)cc1)[C@@H]1C(=O)N(c3ccc([N+](=O)[O-])cc3)C(=O)[C@@H]1S2)Nc1ccccc1C(F)(F)F. The molecule has 1 saturated heterocycles. The minimum absolute atomic E-state index is 0.142. The van der Waals surface area contributed by atoms with Gasteiger partial charge in [-0.2, -0.15) is 13.2 Å². The van der Waals surface area contributed by atoms with Gasteiger partial charge in [0.2, 0.25) is 17.7 Å². The van der Waals surface area contributed by atoms with Gasteiger partial charge >= 0.3 is 11.0 Å². The fourth-order valence-corrected chi connectivity index (χ4v) is 8.47. The molecule has 45 heavy (non-hydrogen) atoms. The Balaban J connectivity index is 1.39. The lowest BCUT2D eigenvalue weighted by molar-refractivity contribution is -0.384. The molecule has 10 nitrogen and oxygen atoms in total. The lowest BCUT2D eigenvalue weighted by Gasteiger charge is -2.30. The number of imide groups is 1. The zero-order chi connectivity index (χ0) is 32.2. The maximum atomic E-state index is 13.9. The van der Waals surface area contributed by atoms with Crippen molar-refractivity contribution in [2.24, 2.45) is 5.92 Å². The normalized spacial score (nSPS) is 19.3. The highest BCUT2D eigenvalue weighted by molar-refractivity contribution is 9.10. The number of fused-ring (bicyclic) bond motifs is 2. The molecule has 0 spiro atoms. The number of hydrogen-bond donors (Lipinski definition) is 1. The number of rotatable bonds is 6. The van der Waals surface area contributed by atoms with Crippen molar-refractivity contribution in [3.05, 3.63) is 113 Å². The van der Waals surface area contributed by atoms with Crippen LogP contribution in [0.1, 0.15) is 21.9 Å². The molecule has 2 aliphatic heterocycles. The molecule has 0 aliphatic carbocycles. The van der Waals surface area contributed by atoms with Crippen molar-refractivity contribution in [2.75, 3.05) is 10.2 Å². The Hall–Kier alpha value is -4.28. The van der Waals surface area contributed by atoms with E-state index in [1.165, 1.54) is 36.4 Å². The summed E-state index contributed by atoms with van der Waals surface area (Å²) in [6, 6.07) is 16.4. The standard InChI is InChI=1S/C29H18BrF3N4O6S2/c30-15-7-5-14(6-8-15)21-22-23(26(40)36(25(22)39)16-9-11-17(12-10-16)37(42)43)44-27-24(21)45-28(41)35(27)13-20(38)34-19-4-2-1-3-18(19)29(31,32)33/h1-12,21-23H,13H2,(H,34,38)/t21-,22-,23+/m0/s1. The van der Waals surface area contributed by atoms with E-state index in [2.05, 4.69) is 21.2 Å². The highest BCUT2D eigenvalue weighted by atomic mass is 79.9. The molecule has 0 radical (unpaired) electrons. The van der Waals surface area contributed by atoms with Crippen LogP contribution in [0.3, 0.4) is 0 Å². The number of hydrogen-bond acceptors (Lipinski definition) is 8. The van der Waals surface area contributed by atoms with Crippen molar-refractivity contribution in [1.82, 2.24) is 4.57 Å². The van der Waals surface area contributed by atoms with Gasteiger partial charge in [0.1, 0.15) is 11.8 Å². The van der Waals surface area contributed by atoms with Gasteiger partial charge in [0.05, 0.1) is 32.8 Å². The number of aromatic nitrogens is 1. The van der Waals surface area contributed by atoms with Gasteiger partial charge < -0.3 is 5.32 Å². The van der Waals surface area contributed by atoms with Crippen molar-refractivity contribution in [1.29, 1.82) is 0 Å². The number of nitrogens with one attached hydrogen (secondary N) is 1. The summed E-state index contributed by atoms with van der Waals surface area (Å²) >= 11 is 5.10. The molecule has 6 rings (SSSR count). The fourth-order valence-electron chi connectivity index (χ4n) is 5.44. The number of nitro benzene ring substituents is 1. The number of alkyl halides is 3. The maximum absolute atomic E-state index is 13.9. The third-order valence-electron chi connectivity index (χ3n) is 7.41. The number of carbonyl (C=O) groups excluding carboxylic acids is 3. The summed E-state index contributed by atoms with van der Waals surface area (Å²) in [7, 11) is 0. The third kappa shape index (κ3) is 5.57. The highest BCUT2D eigenvalue weighted by Gasteiger charge is 2.57. The minimum Gasteiger partial charge on any atom is -0.324 e. The van der Waals surface area contributed by atoms with E-state index in [4.69, 9.17) is 0 Å². The number of nitro groups is 1. The Morgan fingerprint density at radius 2 is 1.64 bits per heavy atom. The van der Waals surface area contributed by atoms with Gasteiger partial charge in [0.25, 0.3) is 5.69 Å². The lowest BCUT2D eigenvalue weighted by Crippen LogP contribution is -2.33. The van der Waals surface area contributed by atoms with E-state index in [0.29, 0.717) is 10.4 Å². The van der Waals surface area contributed by atoms with Crippen LogP contribution in [0, 0.1) is 16.0 Å². The molecule has 0 bridgehead atoms. The predicted molar refractivity (Wildman–Crippen MR) is 163 cm³/mol. The summed E-state index contributed by atoms with van der Waals surface area (Å²) < 4.78 is 42.3. The molecule has 3 heterocycles. The number of halogens is 4. The molecule has 1 aromatic heterocycles. The smallest absolute Gasteiger partial charge is 0.324 e. The van der Waals surface area contributed by atoms with E-state index < -0.39 is 68.6 Å². The summed E-state index contributed by atoms with van der Waals surface area (Å²) in [5.41, 5.74) is -0.975. The Morgan fingerprint density at radius 1 is 0.978 bits per heavy atom. The zero-order valence-electron chi connectivity index (χ0n) is 22.5. The van der Waals surface area contributed by atoms with Crippen molar-refractivity contribution in [3.8, 4) is 0 Å². The number of nitrogens with zero attached hydrogens (tertiary/aromatic N) is 3. The molecule has 1 fully saturated rings. The fraction of sp³-hybridized carbons (Fsp3) is 0.172. The summed E-state index contributed by atoms with van der Waals surface area (Å²) in [4.78, 5) is 65.4. The van der Waals surface area contributed by atoms with E-state index in [-0.39, 0.29) is 16.4 Å². The summed E-state index contributed by atoms with van der Waals surface area (Å²) in [5, 5.41) is 12.6. The van der Waals surface area contributed by atoms with Crippen molar-refractivity contribution >= 4 is 73.8 Å². The average Bonchev–Trinajstić information content (AvgIpc) is 3.43. The molecule has 3 aromatic carbocycles. The zero-order valence-corrected chi connectivity index (χ0v) is 25.7. The van der Waals surface area contributed by atoms with E-state index in [9.17, 15) is 42.5 Å². The van der Waals surface area contributed by atoms with Crippen LogP contribution in [0.4, 0.5) is 30.2 Å². The van der Waals surface area contributed by atoms with E-state index >= 15 is 0 Å². The Bertz CT molecular complexity index is 1930. The molecule has 4 aromatic rings. The first-order valence-electron chi connectivity index (χ1n) is 13.1. The quantitative estimate of drug-likeness (QED) is 0.146. The third-order valence-corrected chi connectivity index (χ3v) is 10.5. The number of non-ortho nitro benzene ring substituents is 1. The molecule has 230 valence electrons. The number of thioether (sulfide) groups is 1. The second kappa shape index (κ2) is 11.6. The van der Waals surface area contributed by atoms with Crippen molar-refractivity contribution in [3.63, 3.8) is 0 Å². The van der Waals surface area contributed by atoms with Crippen LogP contribution < -0.4 is 15.1 Å². The Labute approximate surface area is 268 Å². The first-order chi connectivity index (χ1) is 21.3. The first-order valence-corrected chi connectivity index (χ1v) is 15.6. The molecule has 3 amide bonds. The van der Waals surface area contributed by atoms with Crippen LogP contribution >= 0.6 is 39.0 Å². The minimum atomic E-state index is -4.73. The van der Waals surface area contributed by atoms with E-state index in [0.717, 1.165) is 49.2 Å². The number of amides is 3. The van der Waals surface area contributed by atoms with Gasteiger partial charge in [-0.15, -0.1) is 0 Å². The number of para-hydroxylation sites is 1. The highest BCUT2D eigenvalue weighted by Crippen LogP contribution is 2.54. The molecule has 2 aliphatic rings. The second-order valence-corrected chi connectivity index (χ2v) is 13.1. The first kappa shape index (κ1) is 30.7. The van der Waals surface area contributed by atoms with Gasteiger partial charge in [0, 0.05) is 27.4 Å². The molecule has 1 N–H and O–H groups in total. The van der Waals surface area contributed by atoms with Crippen LogP contribution in [-0.2, 0) is 27.1 Å². The maximum Gasteiger partial charge on any atom is 0.418 e. The van der Waals surface area contributed by atoms with Crippen molar-refractivity contribution < 1.29 is 32.5 Å². The number of thiazole rings is 1. The van der Waals surface area contributed by atoms with Crippen molar-refractivity contribution in [2.45, 2.75) is 28.9 Å².